The van der Waals surface area contributed by atoms with E-state index < -0.39 is 0 Å². The first-order chi connectivity index (χ1) is 12.1. The fourth-order valence-corrected chi connectivity index (χ4v) is 3.24. The van der Waals surface area contributed by atoms with Crippen LogP contribution in [-0.2, 0) is 0 Å². The summed E-state index contributed by atoms with van der Waals surface area (Å²) in [6, 6.07) is 12.6. The Labute approximate surface area is 149 Å². The van der Waals surface area contributed by atoms with Gasteiger partial charge < -0.3 is 10.2 Å². The van der Waals surface area contributed by atoms with Crippen LogP contribution in [-0.4, -0.2) is 27.6 Å². The van der Waals surface area contributed by atoms with Gasteiger partial charge in [-0.3, -0.25) is 4.99 Å². The highest BCUT2D eigenvalue weighted by Crippen LogP contribution is 2.23. The Morgan fingerprint density at radius 2 is 1.88 bits per heavy atom. The lowest BCUT2D eigenvalue weighted by atomic mass is 10.1. The molecule has 0 aliphatic carbocycles. The van der Waals surface area contributed by atoms with Crippen LogP contribution >= 0.6 is 11.3 Å². The standard InChI is InChI=1S/C19H19N3O2S/c1-3-20-19-22(21-11-15-8-9-16(23)10-18(15)24)17(12-25-19)14-6-4-13(2)5-7-14/h4-12,23-24H,3H2,1-2H3. The van der Waals surface area contributed by atoms with Crippen molar-refractivity contribution >= 4 is 17.6 Å². The van der Waals surface area contributed by atoms with Gasteiger partial charge >= 0.3 is 0 Å². The van der Waals surface area contributed by atoms with E-state index in [1.54, 1.807) is 17.0 Å². The van der Waals surface area contributed by atoms with E-state index in [4.69, 9.17) is 0 Å². The van der Waals surface area contributed by atoms with Gasteiger partial charge in [0.2, 0.25) is 4.80 Å². The van der Waals surface area contributed by atoms with Gasteiger partial charge in [0.25, 0.3) is 0 Å². The minimum atomic E-state index is -0.0227. The van der Waals surface area contributed by atoms with Crippen molar-refractivity contribution in [1.82, 2.24) is 4.68 Å². The molecule has 2 N–H and O–H groups in total. The van der Waals surface area contributed by atoms with E-state index in [1.807, 2.05) is 12.3 Å². The molecule has 3 aromatic rings. The molecule has 0 unspecified atom stereocenters. The Morgan fingerprint density at radius 3 is 2.56 bits per heavy atom. The highest BCUT2D eigenvalue weighted by atomic mass is 32.1. The van der Waals surface area contributed by atoms with E-state index in [0.717, 1.165) is 16.1 Å². The van der Waals surface area contributed by atoms with Crippen LogP contribution in [0.2, 0.25) is 0 Å². The molecule has 5 nitrogen and oxygen atoms in total. The summed E-state index contributed by atoms with van der Waals surface area (Å²) in [5, 5.41) is 25.9. The molecule has 0 aliphatic rings. The zero-order chi connectivity index (χ0) is 17.8. The number of benzene rings is 2. The third-order valence-electron chi connectivity index (χ3n) is 3.65. The average Bonchev–Trinajstić information content (AvgIpc) is 2.98. The predicted molar refractivity (Wildman–Crippen MR) is 101 cm³/mol. The Bertz CT molecular complexity index is 969. The normalized spacial score (nSPS) is 12.2. The number of rotatable bonds is 4. The quantitative estimate of drug-likeness (QED) is 0.702. The molecule has 0 aliphatic heterocycles. The molecule has 0 amide bonds. The minimum absolute atomic E-state index is 0.0138. The molecule has 25 heavy (non-hydrogen) atoms. The number of hydrogen-bond acceptors (Lipinski definition) is 5. The molecule has 3 rings (SSSR count). The summed E-state index contributed by atoms with van der Waals surface area (Å²) in [6.45, 7) is 4.69. The van der Waals surface area contributed by atoms with E-state index in [-0.39, 0.29) is 11.5 Å². The smallest absolute Gasteiger partial charge is 0.206 e. The van der Waals surface area contributed by atoms with Crippen molar-refractivity contribution in [3.05, 3.63) is 63.8 Å². The van der Waals surface area contributed by atoms with Crippen LogP contribution < -0.4 is 4.80 Å². The van der Waals surface area contributed by atoms with Crippen molar-refractivity contribution in [2.75, 3.05) is 6.54 Å². The number of aromatic nitrogens is 1. The maximum Gasteiger partial charge on any atom is 0.206 e. The molecule has 6 heteroatoms. The number of hydrogen-bond donors (Lipinski definition) is 2. The molecule has 0 saturated heterocycles. The first-order valence-corrected chi connectivity index (χ1v) is 8.81. The molecule has 0 spiro atoms. The molecule has 0 atom stereocenters. The number of phenols is 2. The molecule has 128 valence electrons. The number of aryl methyl sites for hydroxylation is 1. The fourth-order valence-electron chi connectivity index (χ4n) is 2.34. The summed E-state index contributed by atoms with van der Waals surface area (Å²) in [5.74, 6) is -0.00898. The average molecular weight is 353 g/mol. The van der Waals surface area contributed by atoms with Gasteiger partial charge in [-0.1, -0.05) is 29.8 Å². The van der Waals surface area contributed by atoms with Crippen LogP contribution in [0.5, 0.6) is 11.5 Å². The molecule has 0 bridgehead atoms. The van der Waals surface area contributed by atoms with Crippen molar-refractivity contribution in [2.24, 2.45) is 10.1 Å². The zero-order valence-corrected chi connectivity index (χ0v) is 14.9. The molecule has 1 heterocycles. The zero-order valence-electron chi connectivity index (χ0n) is 14.0. The second-order valence-corrected chi connectivity index (χ2v) is 6.38. The highest BCUT2D eigenvalue weighted by Gasteiger charge is 2.07. The van der Waals surface area contributed by atoms with Crippen LogP contribution in [0.25, 0.3) is 11.3 Å². The second kappa shape index (κ2) is 7.36. The van der Waals surface area contributed by atoms with Crippen LogP contribution in [0.4, 0.5) is 0 Å². The lowest BCUT2D eigenvalue weighted by Crippen LogP contribution is -2.12. The third kappa shape index (κ3) is 3.80. The Morgan fingerprint density at radius 1 is 1.12 bits per heavy atom. The molecule has 0 radical (unpaired) electrons. The minimum Gasteiger partial charge on any atom is -0.508 e. The summed E-state index contributed by atoms with van der Waals surface area (Å²) in [5.41, 5.74) is 3.70. The molecule has 0 fully saturated rings. The highest BCUT2D eigenvalue weighted by molar-refractivity contribution is 7.07. The summed E-state index contributed by atoms with van der Waals surface area (Å²) >= 11 is 1.52. The van der Waals surface area contributed by atoms with Crippen LogP contribution in [0.1, 0.15) is 18.1 Å². The van der Waals surface area contributed by atoms with Crippen LogP contribution in [0, 0.1) is 6.92 Å². The first-order valence-electron chi connectivity index (χ1n) is 7.93. The van der Waals surface area contributed by atoms with E-state index in [0.29, 0.717) is 12.1 Å². The predicted octanol–water partition coefficient (Wildman–Crippen LogP) is 3.74. The van der Waals surface area contributed by atoms with E-state index >= 15 is 0 Å². The maximum atomic E-state index is 9.93. The monoisotopic (exact) mass is 353 g/mol. The van der Waals surface area contributed by atoms with Crippen LogP contribution in [0.3, 0.4) is 0 Å². The van der Waals surface area contributed by atoms with Crippen molar-refractivity contribution in [2.45, 2.75) is 13.8 Å². The van der Waals surface area contributed by atoms with Gasteiger partial charge in [0.05, 0.1) is 11.9 Å². The lowest BCUT2D eigenvalue weighted by Gasteiger charge is -2.05. The fraction of sp³-hybridized carbons (Fsp3) is 0.158. The summed E-state index contributed by atoms with van der Waals surface area (Å²) in [4.78, 5) is 5.27. The Hall–Kier alpha value is -2.86. The van der Waals surface area contributed by atoms with Gasteiger partial charge in [-0.2, -0.15) is 5.10 Å². The van der Waals surface area contributed by atoms with Gasteiger partial charge in [0, 0.05) is 29.1 Å². The van der Waals surface area contributed by atoms with E-state index in [2.05, 4.69) is 41.3 Å². The summed E-state index contributed by atoms with van der Waals surface area (Å²) < 4.78 is 1.77. The largest absolute Gasteiger partial charge is 0.508 e. The van der Waals surface area contributed by atoms with Crippen LogP contribution in [0.15, 0.2) is 57.9 Å². The van der Waals surface area contributed by atoms with Crippen molar-refractivity contribution in [3.63, 3.8) is 0 Å². The Balaban J connectivity index is 2.07. The van der Waals surface area contributed by atoms with Crippen molar-refractivity contribution in [1.29, 1.82) is 0 Å². The number of nitrogens with zero attached hydrogens (tertiary/aromatic N) is 3. The van der Waals surface area contributed by atoms with Gasteiger partial charge in [-0.25, -0.2) is 4.68 Å². The maximum absolute atomic E-state index is 9.93. The molecule has 2 aromatic carbocycles. The number of aromatic hydroxyl groups is 2. The lowest BCUT2D eigenvalue weighted by molar-refractivity contribution is 0.450. The van der Waals surface area contributed by atoms with Gasteiger partial charge in [-0.05, 0) is 26.0 Å². The molecular formula is C19H19N3O2S. The Kier molecular flexibility index (Phi) is 5.00. The molecule has 0 saturated carbocycles. The molecule has 1 aromatic heterocycles. The number of thiazole rings is 1. The van der Waals surface area contributed by atoms with E-state index in [9.17, 15) is 10.2 Å². The third-order valence-corrected chi connectivity index (χ3v) is 4.51. The summed E-state index contributed by atoms with van der Waals surface area (Å²) in [6.07, 6.45) is 1.56. The first kappa shape index (κ1) is 17.0. The van der Waals surface area contributed by atoms with Crippen molar-refractivity contribution in [3.8, 4) is 22.8 Å². The van der Waals surface area contributed by atoms with Gasteiger partial charge in [0.1, 0.15) is 11.5 Å². The molecular weight excluding hydrogens is 334 g/mol. The summed E-state index contributed by atoms with van der Waals surface area (Å²) in [7, 11) is 0. The van der Waals surface area contributed by atoms with Gasteiger partial charge in [0.15, 0.2) is 0 Å². The second-order valence-electron chi connectivity index (χ2n) is 5.54. The van der Waals surface area contributed by atoms with Crippen molar-refractivity contribution < 1.29 is 10.2 Å². The van der Waals surface area contributed by atoms with E-state index in [1.165, 1.54) is 29.0 Å². The topological polar surface area (TPSA) is 70.1 Å². The number of phenolic OH excluding ortho intramolecular Hbond substituents is 2. The van der Waals surface area contributed by atoms with Gasteiger partial charge in [-0.15, -0.1) is 11.3 Å². The SMILES string of the molecule is CCN=c1scc(-c2ccc(C)cc2)n1N=Cc1ccc(O)cc1O.